The Bertz CT molecular complexity index is 1300. The van der Waals surface area contributed by atoms with E-state index in [0.29, 0.717) is 35.2 Å². The molecule has 3 aromatic carbocycles. The number of anilines is 2. The molecule has 0 aromatic heterocycles. The first-order chi connectivity index (χ1) is 17.0. The van der Waals surface area contributed by atoms with Crippen LogP contribution in [0.4, 0.5) is 11.4 Å². The fourth-order valence-corrected chi connectivity index (χ4v) is 5.34. The summed E-state index contributed by atoms with van der Waals surface area (Å²) in [6.07, 6.45) is 1.12. The predicted octanol–water partition coefficient (Wildman–Crippen LogP) is 6.54. The standard InChI is InChI=1S/C28H27BrN2O4/c1-3-35-25-15-18(12-20(29)28(25)33)27-26-23(30-21-6-4-5-7-22(21)31-27)13-17(14-24(26)32)16-8-10-19(34-2)11-9-16/h4-12,15,17,27,30-31,33H,3,13-14H2,1-2H3. The Balaban J connectivity index is 1.60. The minimum Gasteiger partial charge on any atom is -0.503 e. The summed E-state index contributed by atoms with van der Waals surface area (Å²) in [7, 11) is 1.65. The van der Waals surface area contributed by atoms with Crippen molar-refractivity contribution < 1.29 is 19.4 Å². The number of rotatable bonds is 5. The number of carbonyl (C=O) groups excluding carboxylic acids is 1. The number of methoxy groups -OCH3 is 1. The Kier molecular flexibility index (Phi) is 6.43. The molecule has 2 unspecified atom stereocenters. The molecule has 3 aromatic rings. The van der Waals surface area contributed by atoms with Crippen LogP contribution in [0.3, 0.4) is 0 Å². The molecular formula is C28H27BrN2O4. The second-order valence-corrected chi connectivity index (χ2v) is 9.58. The summed E-state index contributed by atoms with van der Waals surface area (Å²) in [5.41, 5.74) is 5.40. The van der Waals surface area contributed by atoms with Gasteiger partial charge < -0.3 is 25.2 Å². The van der Waals surface area contributed by atoms with Gasteiger partial charge in [-0.3, -0.25) is 4.79 Å². The molecule has 0 fully saturated rings. The zero-order valence-corrected chi connectivity index (χ0v) is 21.2. The molecule has 1 aliphatic heterocycles. The van der Waals surface area contributed by atoms with Crippen LogP contribution in [0.5, 0.6) is 17.2 Å². The SMILES string of the molecule is CCOc1cc(C2Nc3ccccc3NC3=C2C(=O)CC(c2ccc(OC)cc2)C3)cc(Br)c1O. The van der Waals surface area contributed by atoms with E-state index in [1.807, 2.05) is 67.6 Å². The normalized spacial score (nSPS) is 19.1. The number of phenols is 1. The number of para-hydroxylation sites is 2. The lowest BCUT2D eigenvalue weighted by molar-refractivity contribution is -0.116. The van der Waals surface area contributed by atoms with E-state index < -0.39 is 6.04 Å². The Morgan fingerprint density at radius 1 is 1.03 bits per heavy atom. The first-order valence-electron chi connectivity index (χ1n) is 11.7. The van der Waals surface area contributed by atoms with E-state index in [4.69, 9.17) is 9.47 Å². The number of fused-ring (bicyclic) bond motifs is 1. The summed E-state index contributed by atoms with van der Waals surface area (Å²) in [4.78, 5) is 13.7. The molecule has 6 nitrogen and oxygen atoms in total. The fraction of sp³-hybridized carbons (Fsp3) is 0.250. The molecule has 0 bridgehead atoms. The molecule has 1 heterocycles. The maximum Gasteiger partial charge on any atom is 0.172 e. The van der Waals surface area contributed by atoms with Crippen LogP contribution < -0.4 is 20.1 Å². The van der Waals surface area contributed by atoms with Crippen LogP contribution in [0.1, 0.15) is 42.9 Å². The molecule has 35 heavy (non-hydrogen) atoms. The Morgan fingerprint density at radius 3 is 2.49 bits per heavy atom. The molecule has 0 saturated carbocycles. The highest BCUT2D eigenvalue weighted by atomic mass is 79.9. The number of ketones is 1. The summed E-state index contributed by atoms with van der Waals surface area (Å²) >= 11 is 3.46. The second-order valence-electron chi connectivity index (χ2n) is 8.72. The smallest absolute Gasteiger partial charge is 0.172 e. The zero-order valence-electron chi connectivity index (χ0n) is 19.6. The van der Waals surface area contributed by atoms with Gasteiger partial charge in [-0.2, -0.15) is 0 Å². The van der Waals surface area contributed by atoms with E-state index in [2.05, 4.69) is 26.6 Å². The highest BCUT2D eigenvalue weighted by Gasteiger charge is 2.36. The molecule has 2 atom stereocenters. The third kappa shape index (κ3) is 4.48. The number of hydrogen-bond acceptors (Lipinski definition) is 6. The molecule has 1 aliphatic carbocycles. The van der Waals surface area contributed by atoms with Crippen LogP contribution in [-0.4, -0.2) is 24.6 Å². The van der Waals surface area contributed by atoms with Crippen LogP contribution in [0.25, 0.3) is 0 Å². The zero-order chi connectivity index (χ0) is 24.5. The van der Waals surface area contributed by atoms with Crippen molar-refractivity contribution in [3.05, 3.63) is 87.5 Å². The largest absolute Gasteiger partial charge is 0.503 e. The number of allylic oxidation sites excluding steroid dienone is 1. The van der Waals surface area contributed by atoms with Crippen molar-refractivity contribution in [3.8, 4) is 17.2 Å². The quantitative estimate of drug-likeness (QED) is 0.344. The Morgan fingerprint density at radius 2 is 1.77 bits per heavy atom. The van der Waals surface area contributed by atoms with Gasteiger partial charge in [0.15, 0.2) is 17.3 Å². The number of Topliss-reactive ketones (excluding diaryl/α,β-unsaturated/α-hetero) is 1. The van der Waals surface area contributed by atoms with Crippen molar-refractivity contribution in [1.29, 1.82) is 0 Å². The van der Waals surface area contributed by atoms with E-state index in [-0.39, 0.29) is 17.5 Å². The van der Waals surface area contributed by atoms with Crippen LogP contribution in [0.2, 0.25) is 0 Å². The Hall–Kier alpha value is -3.45. The molecule has 0 amide bonds. The van der Waals surface area contributed by atoms with Crippen LogP contribution >= 0.6 is 15.9 Å². The van der Waals surface area contributed by atoms with Crippen molar-refractivity contribution in [3.63, 3.8) is 0 Å². The number of nitrogens with one attached hydrogen (secondary N) is 2. The minimum atomic E-state index is -0.401. The molecule has 0 spiro atoms. The third-order valence-corrected chi connectivity index (χ3v) is 7.18. The lowest BCUT2D eigenvalue weighted by atomic mass is 9.78. The van der Waals surface area contributed by atoms with Gasteiger partial charge in [0.05, 0.1) is 35.6 Å². The van der Waals surface area contributed by atoms with Gasteiger partial charge in [0, 0.05) is 17.7 Å². The first-order valence-corrected chi connectivity index (χ1v) is 12.5. The van der Waals surface area contributed by atoms with E-state index in [1.165, 1.54) is 0 Å². The van der Waals surface area contributed by atoms with E-state index in [9.17, 15) is 9.90 Å². The molecular weight excluding hydrogens is 508 g/mol. The molecule has 2 aliphatic rings. The van der Waals surface area contributed by atoms with E-state index >= 15 is 0 Å². The fourth-order valence-electron chi connectivity index (χ4n) is 4.88. The average molecular weight is 535 g/mol. The predicted molar refractivity (Wildman–Crippen MR) is 140 cm³/mol. The topological polar surface area (TPSA) is 79.8 Å². The maximum absolute atomic E-state index is 13.7. The van der Waals surface area contributed by atoms with Crippen molar-refractivity contribution in [2.24, 2.45) is 0 Å². The lowest BCUT2D eigenvalue weighted by Gasteiger charge is -2.30. The Labute approximate surface area is 213 Å². The monoisotopic (exact) mass is 534 g/mol. The van der Waals surface area contributed by atoms with Gasteiger partial charge in [0.25, 0.3) is 0 Å². The highest BCUT2D eigenvalue weighted by molar-refractivity contribution is 9.10. The van der Waals surface area contributed by atoms with Gasteiger partial charge in [-0.15, -0.1) is 0 Å². The van der Waals surface area contributed by atoms with Gasteiger partial charge in [-0.05, 0) is 82.7 Å². The van der Waals surface area contributed by atoms with Gasteiger partial charge in [-0.25, -0.2) is 0 Å². The highest BCUT2D eigenvalue weighted by Crippen LogP contribution is 2.46. The third-order valence-electron chi connectivity index (χ3n) is 6.58. The number of ether oxygens (including phenoxy) is 2. The van der Waals surface area contributed by atoms with Crippen LogP contribution in [0.15, 0.2) is 76.4 Å². The molecule has 180 valence electrons. The number of halogens is 1. The molecule has 0 saturated heterocycles. The molecule has 5 rings (SSSR count). The van der Waals surface area contributed by atoms with Gasteiger partial charge in [-0.1, -0.05) is 24.3 Å². The maximum atomic E-state index is 13.7. The first kappa shape index (κ1) is 23.3. The van der Waals surface area contributed by atoms with E-state index in [0.717, 1.165) is 33.9 Å². The number of carbonyl (C=O) groups is 1. The van der Waals surface area contributed by atoms with Crippen molar-refractivity contribution in [2.75, 3.05) is 24.4 Å². The summed E-state index contributed by atoms with van der Waals surface area (Å²) in [5.74, 6) is 1.38. The van der Waals surface area contributed by atoms with Crippen LogP contribution in [-0.2, 0) is 4.79 Å². The summed E-state index contributed by atoms with van der Waals surface area (Å²) in [6.45, 7) is 2.29. The molecule has 7 heteroatoms. The number of benzene rings is 3. The lowest BCUT2D eigenvalue weighted by Crippen LogP contribution is -2.27. The average Bonchev–Trinajstić information content (AvgIpc) is 3.04. The van der Waals surface area contributed by atoms with Crippen LogP contribution in [0, 0.1) is 0 Å². The summed E-state index contributed by atoms with van der Waals surface area (Å²) in [5, 5.41) is 17.6. The van der Waals surface area contributed by atoms with Crippen molar-refractivity contribution >= 4 is 33.1 Å². The second kappa shape index (κ2) is 9.66. The molecule has 0 radical (unpaired) electrons. The van der Waals surface area contributed by atoms with Crippen molar-refractivity contribution in [1.82, 2.24) is 0 Å². The van der Waals surface area contributed by atoms with Gasteiger partial charge >= 0.3 is 0 Å². The molecule has 3 N–H and O–H groups in total. The van der Waals surface area contributed by atoms with Gasteiger partial charge in [0.1, 0.15) is 5.75 Å². The van der Waals surface area contributed by atoms with E-state index in [1.54, 1.807) is 7.11 Å². The number of aromatic hydroxyl groups is 1. The van der Waals surface area contributed by atoms with Crippen molar-refractivity contribution in [2.45, 2.75) is 31.7 Å². The number of hydrogen-bond donors (Lipinski definition) is 3. The minimum absolute atomic E-state index is 0.0477. The van der Waals surface area contributed by atoms with Gasteiger partial charge in [0.2, 0.25) is 0 Å². The summed E-state index contributed by atoms with van der Waals surface area (Å²) < 4.78 is 11.5. The summed E-state index contributed by atoms with van der Waals surface area (Å²) in [6, 6.07) is 19.1. The number of phenolic OH excluding ortho intramolecular Hbond substituents is 1.